The molecule has 0 aliphatic heterocycles. The predicted octanol–water partition coefficient (Wildman–Crippen LogP) is 1.96. The van der Waals surface area contributed by atoms with E-state index in [-0.39, 0.29) is 13.2 Å². The van der Waals surface area contributed by atoms with Crippen LogP contribution in [-0.4, -0.2) is 40.8 Å². The van der Waals surface area contributed by atoms with E-state index in [1.165, 1.54) is 27.5 Å². The zero-order chi connectivity index (χ0) is 11.2. The van der Waals surface area contributed by atoms with Crippen molar-refractivity contribution >= 4 is 15.2 Å². The third-order valence-electron chi connectivity index (χ3n) is 1.40. The minimum atomic E-state index is -2.97. The third kappa shape index (κ3) is 6.71. The summed E-state index contributed by atoms with van der Waals surface area (Å²) in [5.74, 6) is 0. The Morgan fingerprint density at radius 2 is 1.14 bits per heavy atom. The average molecular weight is 246 g/mol. The second-order valence-electron chi connectivity index (χ2n) is 2.57. The summed E-state index contributed by atoms with van der Waals surface area (Å²) in [6, 6.07) is 0. The third-order valence-corrected chi connectivity index (χ3v) is 4.03. The Balaban J connectivity index is 3.68. The maximum absolute atomic E-state index is 11.2. The van der Waals surface area contributed by atoms with Crippen LogP contribution < -0.4 is 0 Å². The van der Waals surface area contributed by atoms with Crippen LogP contribution in [0.15, 0.2) is 0 Å². The zero-order valence-electron chi connectivity index (χ0n) is 8.76. The lowest BCUT2D eigenvalue weighted by Gasteiger charge is -2.13. The SMILES string of the molecule is COP(C)(=O)OCCOP(C)(=O)OC. The lowest BCUT2D eigenvalue weighted by Crippen LogP contribution is -2.02. The summed E-state index contributed by atoms with van der Waals surface area (Å²) >= 11 is 0. The molecule has 0 aromatic carbocycles. The van der Waals surface area contributed by atoms with Crippen LogP contribution in [0.5, 0.6) is 0 Å². The van der Waals surface area contributed by atoms with Gasteiger partial charge in [-0.05, 0) is 0 Å². The highest BCUT2D eigenvalue weighted by Gasteiger charge is 2.17. The van der Waals surface area contributed by atoms with Crippen LogP contribution in [0.4, 0.5) is 0 Å². The molecule has 0 heterocycles. The van der Waals surface area contributed by atoms with Crippen molar-refractivity contribution in [3.8, 4) is 0 Å². The van der Waals surface area contributed by atoms with E-state index in [1.54, 1.807) is 0 Å². The fourth-order valence-electron chi connectivity index (χ4n) is 0.512. The molecule has 0 aromatic rings. The zero-order valence-corrected chi connectivity index (χ0v) is 10.5. The van der Waals surface area contributed by atoms with Gasteiger partial charge in [0, 0.05) is 27.5 Å². The fraction of sp³-hybridized carbons (Fsp3) is 1.00. The van der Waals surface area contributed by atoms with Crippen molar-refractivity contribution in [2.24, 2.45) is 0 Å². The van der Waals surface area contributed by atoms with Gasteiger partial charge in [0.1, 0.15) is 0 Å². The van der Waals surface area contributed by atoms with Gasteiger partial charge in [0.15, 0.2) is 0 Å². The molecular weight excluding hydrogens is 230 g/mol. The molecular formula is C6H16O6P2. The maximum Gasteiger partial charge on any atom is 0.327 e. The molecule has 2 unspecified atom stereocenters. The van der Waals surface area contributed by atoms with Crippen LogP contribution in [0.3, 0.4) is 0 Å². The smallest absolute Gasteiger partial charge is 0.312 e. The van der Waals surface area contributed by atoms with Gasteiger partial charge in [0.25, 0.3) is 0 Å². The van der Waals surface area contributed by atoms with Crippen molar-refractivity contribution in [1.29, 1.82) is 0 Å². The van der Waals surface area contributed by atoms with E-state index in [1.807, 2.05) is 0 Å². The van der Waals surface area contributed by atoms with Gasteiger partial charge < -0.3 is 18.1 Å². The van der Waals surface area contributed by atoms with Gasteiger partial charge in [-0.25, -0.2) is 0 Å². The summed E-state index contributed by atoms with van der Waals surface area (Å²) in [7, 11) is -3.36. The molecule has 0 N–H and O–H groups in total. The Kier molecular flexibility index (Phi) is 6.14. The molecule has 14 heavy (non-hydrogen) atoms. The van der Waals surface area contributed by atoms with E-state index in [2.05, 4.69) is 9.05 Å². The van der Waals surface area contributed by atoms with Gasteiger partial charge in [-0.2, -0.15) is 0 Å². The van der Waals surface area contributed by atoms with E-state index in [0.717, 1.165) is 0 Å². The molecule has 0 rings (SSSR count). The Labute approximate surface area is 83.9 Å². The van der Waals surface area contributed by atoms with E-state index in [0.29, 0.717) is 0 Å². The molecule has 0 saturated heterocycles. The highest BCUT2D eigenvalue weighted by molar-refractivity contribution is 7.53. The summed E-state index contributed by atoms with van der Waals surface area (Å²) in [5, 5.41) is 0. The molecule has 8 heteroatoms. The molecule has 0 bridgehead atoms. The summed E-state index contributed by atoms with van der Waals surface area (Å²) in [6.45, 7) is 2.77. The number of rotatable bonds is 7. The van der Waals surface area contributed by atoms with Gasteiger partial charge in [0.05, 0.1) is 13.2 Å². The van der Waals surface area contributed by atoms with Crippen LogP contribution in [0.2, 0.25) is 0 Å². The van der Waals surface area contributed by atoms with Gasteiger partial charge in [-0.3, -0.25) is 9.13 Å². The van der Waals surface area contributed by atoms with Crippen molar-refractivity contribution in [1.82, 2.24) is 0 Å². The first-order valence-corrected chi connectivity index (χ1v) is 7.86. The van der Waals surface area contributed by atoms with Gasteiger partial charge in [0.2, 0.25) is 0 Å². The highest BCUT2D eigenvalue weighted by Crippen LogP contribution is 2.44. The first kappa shape index (κ1) is 14.3. The molecule has 0 radical (unpaired) electrons. The monoisotopic (exact) mass is 246 g/mol. The average Bonchev–Trinajstić information content (AvgIpc) is 2.13. The number of hydrogen-bond acceptors (Lipinski definition) is 6. The van der Waals surface area contributed by atoms with Crippen LogP contribution in [-0.2, 0) is 27.2 Å². The molecule has 0 saturated carbocycles. The van der Waals surface area contributed by atoms with Crippen molar-refractivity contribution in [3.63, 3.8) is 0 Å². The van der Waals surface area contributed by atoms with Crippen molar-refractivity contribution in [2.45, 2.75) is 0 Å². The lowest BCUT2D eigenvalue weighted by molar-refractivity contribution is 0.169. The highest BCUT2D eigenvalue weighted by atomic mass is 31.2. The van der Waals surface area contributed by atoms with Gasteiger partial charge >= 0.3 is 15.2 Å². The Hall–Kier alpha value is 0.300. The molecule has 2 atom stereocenters. The van der Waals surface area contributed by atoms with E-state index >= 15 is 0 Å². The number of hydrogen-bond donors (Lipinski definition) is 0. The van der Waals surface area contributed by atoms with E-state index < -0.39 is 15.2 Å². The Morgan fingerprint density at radius 1 is 0.857 bits per heavy atom. The lowest BCUT2D eigenvalue weighted by atomic mass is 10.8. The second kappa shape index (κ2) is 6.01. The molecule has 0 aromatic heterocycles. The first-order valence-electron chi connectivity index (χ1n) is 3.88. The van der Waals surface area contributed by atoms with Crippen LogP contribution in [0, 0.1) is 0 Å². The second-order valence-corrected chi connectivity index (χ2v) is 6.91. The van der Waals surface area contributed by atoms with Gasteiger partial charge in [-0.15, -0.1) is 0 Å². The van der Waals surface area contributed by atoms with E-state index in [4.69, 9.17) is 9.05 Å². The molecule has 86 valence electrons. The molecule has 0 amide bonds. The van der Waals surface area contributed by atoms with E-state index in [9.17, 15) is 9.13 Å². The fourth-order valence-corrected chi connectivity index (χ4v) is 1.53. The van der Waals surface area contributed by atoms with Crippen LogP contribution in [0.25, 0.3) is 0 Å². The summed E-state index contributed by atoms with van der Waals surface area (Å²) in [4.78, 5) is 0. The summed E-state index contributed by atoms with van der Waals surface area (Å²) in [6.07, 6.45) is 0. The minimum Gasteiger partial charge on any atom is -0.312 e. The van der Waals surface area contributed by atoms with Crippen molar-refractivity contribution in [2.75, 3.05) is 40.8 Å². The quantitative estimate of drug-likeness (QED) is 0.505. The standard InChI is InChI=1S/C6H16O6P2/c1-9-13(3,7)11-5-6-12-14(4,8)10-2/h5-6H2,1-4H3. The molecule has 6 nitrogen and oxygen atoms in total. The molecule has 0 fully saturated rings. The molecule has 0 aliphatic carbocycles. The molecule has 0 aliphatic rings. The topological polar surface area (TPSA) is 71.1 Å². The van der Waals surface area contributed by atoms with Crippen LogP contribution >= 0.6 is 15.2 Å². The Bertz CT molecular complexity index is 227. The van der Waals surface area contributed by atoms with Crippen molar-refractivity contribution in [3.05, 3.63) is 0 Å². The van der Waals surface area contributed by atoms with Gasteiger partial charge in [-0.1, -0.05) is 0 Å². The van der Waals surface area contributed by atoms with Crippen LogP contribution in [0.1, 0.15) is 0 Å². The summed E-state index contributed by atoms with van der Waals surface area (Å²) < 4.78 is 41.2. The predicted molar refractivity (Wildman–Crippen MR) is 53.0 cm³/mol. The van der Waals surface area contributed by atoms with Crippen molar-refractivity contribution < 1.29 is 27.2 Å². The summed E-state index contributed by atoms with van der Waals surface area (Å²) in [5.41, 5.74) is 0. The minimum absolute atomic E-state index is 0.0445. The maximum atomic E-state index is 11.2. The first-order chi connectivity index (χ1) is 6.33. The Morgan fingerprint density at radius 3 is 1.36 bits per heavy atom. The largest absolute Gasteiger partial charge is 0.327 e. The normalized spacial score (nSPS) is 20.0. The molecule has 0 spiro atoms.